The maximum atomic E-state index is 4.80. The summed E-state index contributed by atoms with van der Waals surface area (Å²) < 4.78 is 6.35. The van der Waals surface area contributed by atoms with Gasteiger partial charge in [-0.1, -0.05) is 6.92 Å². The van der Waals surface area contributed by atoms with E-state index in [1.807, 2.05) is 23.1 Å². The Morgan fingerprint density at radius 1 is 1.27 bits per heavy atom. The molecule has 1 aliphatic heterocycles. The molecule has 142 valence electrons. The van der Waals surface area contributed by atoms with Crippen LogP contribution in [0.15, 0.2) is 23.5 Å². The Morgan fingerprint density at radius 3 is 2.77 bits per heavy atom. The standard InChI is InChI=1S/C17H28N8S/c1-3-15-21-17(26-22-15)24-13-11-23(12-14-24)16(18-4-2)19-7-5-9-25-10-6-8-20-25/h6,8,10H,3-5,7,9,11-14H2,1-2H3,(H,18,19). The van der Waals surface area contributed by atoms with E-state index in [0.717, 1.165) is 75.6 Å². The van der Waals surface area contributed by atoms with Crippen molar-refractivity contribution in [2.75, 3.05) is 44.2 Å². The average molecular weight is 377 g/mol. The van der Waals surface area contributed by atoms with Gasteiger partial charge in [0.05, 0.1) is 0 Å². The number of nitrogens with one attached hydrogen (secondary N) is 1. The van der Waals surface area contributed by atoms with Gasteiger partial charge >= 0.3 is 0 Å². The highest BCUT2D eigenvalue weighted by atomic mass is 32.1. The summed E-state index contributed by atoms with van der Waals surface area (Å²) in [5, 5.41) is 8.70. The molecule has 1 saturated heterocycles. The second-order valence-electron chi connectivity index (χ2n) is 6.18. The molecule has 2 aromatic rings. The minimum Gasteiger partial charge on any atom is -0.357 e. The predicted molar refractivity (Wildman–Crippen MR) is 106 cm³/mol. The molecular weight excluding hydrogens is 348 g/mol. The molecule has 0 atom stereocenters. The van der Waals surface area contributed by atoms with Gasteiger partial charge in [-0.25, -0.2) is 4.98 Å². The number of anilines is 1. The fourth-order valence-electron chi connectivity index (χ4n) is 2.90. The Kier molecular flexibility index (Phi) is 6.82. The molecule has 26 heavy (non-hydrogen) atoms. The third-order valence-corrected chi connectivity index (χ3v) is 5.14. The van der Waals surface area contributed by atoms with Gasteiger partial charge in [-0.15, -0.1) is 0 Å². The first kappa shape index (κ1) is 18.6. The van der Waals surface area contributed by atoms with Crippen molar-refractivity contribution >= 4 is 22.6 Å². The molecule has 0 aliphatic carbocycles. The third-order valence-electron chi connectivity index (χ3n) is 4.32. The van der Waals surface area contributed by atoms with Crippen LogP contribution in [0.25, 0.3) is 0 Å². The van der Waals surface area contributed by atoms with E-state index >= 15 is 0 Å². The Labute approximate surface area is 159 Å². The Balaban J connectivity index is 1.49. The van der Waals surface area contributed by atoms with Crippen LogP contribution in [0.4, 0.5) is 5.13 Å². The molecule has 0 bridgehead atoms. The van der Waals surface area contributed by atoms with Gasteiger partial charge in [0.1, 0.15) is 5.82 Å². The zero-order chi connectivity index (χ0) is 18.2. The second-order valence-corrected chi connectivity index (χ2v) is 6.91. The zero-order valence-electron chi connectivity index (χ0n) is 15.6. The Bertz CT molecular complexity index is 673. The highest BCUT2D eigenvalue weighted by molar-refractivity contribution is 7.09. The number of hydrogen-bond donors (Lipinski definition) is 1. The van der Waals surface area contributed by atoms with E-state index in [4.69, 9.17) is 4.99 Å². The van der Waals surface area contributed by atoms with Crippen LogP contribution in [-0.2, 0) is 13.0 Å². The molecule has 0 radical (unpaired) electrons. The van der Waals surface area contributed by atoms with Crippen LogP contribution in [0.2, 0.25) is 0 Å². The van der Waals surface area contributed by atoms with Crippen molar-refractivity contribution in [3.05, 3.63) is 24.3 Å². The lowest BCUT2D eigenvalue weighted by Crippen LogP contribution is -2.52. The van der Waals surface area contributed by atoms with Gasteiger partial charge in [0.2, 0.25) is 5.13 Å². The second kappa shape index (κ2) is 9.51. The van der Waals surface area contributed by atoms with E-state index in [1.165, 1.54) is 11.5 Å². The van der Waals surface area contributed by atoms with E-state index in [2.05, 4.69) is 43.4 Å². The van der Waals surface area contributed by atoms with Gasteiger partial charge < -0.3 is 15.1 Å². The summed E-state index contributed by atoms with van der Waals surface area (Å²) in [4.78, 5) is 14.1. The lowest BCUT2D eigenvalue weighted by Gasteiger charge is -2.36. The number of rotatable bonds is 7. The van der Waals surface area contributed by atoms with E-state index in [9.17, 15) is 0 Å². The van der Waals surface area contributed by atoms with E-state index in [1.54, 1.807) is 0 Å². The van der Waals surface area contributed by atoms with Gasteiger partial charge in [0.15, 0.2) is 5.96 Å². The van der Waals surface area contributed by atoms with Crippen LogP contribution in [0.3, 0.4) is 0 Å². The first-order valence-electron chi connectivity index (χ1n) is 9.38. The molecule has 0 amide bonds. The fraction of sp³-hybridized carbons (Fsp3) is 0.647. The van der Waals surface area contributed by atoms with Crippen LogP contribution in [-0.4, -0.2) is 69.3 Å². The topological polar surface area (TPSA) is 74.5 Å². The van der Waals surface area contributed by atoms with Crippen molar-refractivity contribution in [3.8, 4) is 0 Å². The van der Waals surface area contributed by atoms with Crippen LogP contribution in [0.1, 0.15) is 26.1 Å². The van der Waals surface area contributed by atoms with Crippen molar-refractivity contribution < 1.29 is 0 Å². The average Bonchev–Trinajstić information content (AvgIpc) is 3.36. The maximum Gasteiger partial charge on any atom is 0.205 e. The molecule has 3 rings (SSSR count). The quantitative estimate of drug-likeness (QED) is 0.448. The molecule has 0 saturated carbocycles. The Morgan fingerprint density at radius 2 is 2.12 bits per heavy atom. The van der Waals surface area contributed by atoms with Crippen molar-refractivity contribution in [1.82, 2.24) is 29.4 Å². The first-order valence-corrected chi connectivity index (χ1v) is 10.2. The third kappa shape index (κ3) is 4.94. The normalized spacial score (nSPS) is 15.5. The van der Waals surface area contributed by atoms with Crippen molar-refractivity contribution in [2.24, 2.45) is 4.99 Å². The molecule has 1 N–H and O–H groups in total. The van der Waals surface area contributed by atoms with Gasteiger partial charge in [0, 0.05) is 76.2 Å². The molecule has 2 aromatic heterocycles. The number of aromatic nitrogens is 4. The summed E-state index contributed by atoms with van der Waals surface area (Å²) >= 11 is 1.51. The number of aliphatic imine (C=N–C) groups is 1. The molecule has 3 heterocycles. The van der Waals surface area contributed by atoms with Gasteiger partial charge in [-0.05, 0) is 19.4 Å². The zero-order valence-corrected chi connectivity index (χ0v) is 16.5. The number of piperazine rings is 1. The fourth-order valence-corrected chi connectivity index (χ4v) is 3.70. The molecule has 0 unspecified atom stereocenters. The van der Waals surface area contributed by atoms with Crippen LogP contribution in [0, 0.1) is 0 Å². The van der Waals surface area contributed by atoms with Crippen LogP contribution < -0.4 is 10.2 Å². The number of nitrogens with zero attached hydrogens (tertiary/aromatic N) is 7. The molecule has 1 fully saturated rings. The number of guanidine groups is 1. The van der Waals surface area contributed by atoms with E-state index in [0.29, 0.717) is 0 Å². The predicted octanol–water partition coefficient (Wildman–Crippen LogP) is 1.47. The molecule has 1 aliphatic rings. The van der Waals surface area contributed by atoms with Gasteiger partial charge in [-0.2, -0.15) is 9.47 Å². The summed E-state index contributed by atoms with van der Waals surface area (Å²) in [6.45, 7) is 10.6. The van der Waals surface area contributed by atoms with Gasteiger partial charge in [0.25, 0.3) is 0 Å². The lowest BCUT2D eigenvalue weighted by atomic mass is 10.3. The van der Waals surface area contributed by atoms with E-state index < -0.39 is 0 Å². The summed E-state index contributed by atoms with van der Waals surface area (Å²) in [7, 11) is 0. The minimum atomic E-state index is 0.804. The minimum absolute atomic E-state index is 0.804. The Hall–Kier alpha value is -2.16. The van der Waals surface area contributed by atoms with E-state index in [-0.39, 0.29) is 0 Å². The summed E-state index contributed by atoms with van der Waals surface area (Å²) in [5.74, 6) is 1.96. The summed E-state index contributed by atoms with van der Waals surface area (Å²) in [6, 6.07) is 1.95. The SMILES string of the molecule is CCNC(=NCCCn1cccn1)N1CCN(c2nc(CC)ns2)CC1. The smallest absolute Gasteiger partial charge is 0.205 e. The largest absolute Gasteiger partial charge is 0.357 e. The lowest BCUT2D eigenvalue weighted by molar-refractivity contribution is 0.372. The monoisotopic (exact) mass is 376 g/mol. The van der Waals surface area contributed by atoms with Crippen molar-refractivity contribution in [2.45, 2.75) is 33.2 Å². The molecule has 9 heteroatoms. The van der Waals surface area contributed by atoms with Crippen LogP contribution in [0.5, 0.6) is 0 Å². The highest BCUT2D eigenvalue weighted by Crippen LogP contribution is 2.19. The number of aryl methyl sites for hydroxylation is 2. The molecule has 8 nitrogen and oxygen atoms in total. The first-order chi connectivity index (χ1) is 12.8. The maximum absolute atomic E-state index is 4.80. The van der Waals surface area contributed by atoms with Gasteiger partial charge in [-0.3, -0.25) is 9.67 Å². The molecular formula is C17H28N8S. The van der Waals surface area contributed by atoms with Crippen molar-refractivity contribution in [3.63, 3.8) is 0 Å². The number of hydrogen-bond acceptors (Lipinski definition) is 6. The van der Waals surface area contributed by atoms with Crippen molar-refractivity contribution in [1.29, 1.82) is 0 Å². The summed E-state index contributed by atoms with van der Waals surface area (Å²) in [5.41, 5.74) is 0. The highest BCUT2D eigenvalue weighted by Gasteiger charge is 2.21. The summed E-state index contributed by atoms with van der Waals surface area (Å²) in [6.07, 6.45) is 5.69. The molecule has 0 aromatic carbocycles. The van der Waals surface area contributed by atoms with Crippen LogP contribution >= 0.6 is 11.5 Å². The molecule has 0 spiro atoms.